The number of hydrogen-bond donors (Lipinski definition) is 2. The lowest BCUT2D eigenvalue weighted by atomic mass is 9.96. The van der Waals surface area contributed by atoms with E-state index in [1.165, 1.54) is 17.4 Å². The van der Waals surface area contributed by atoms with Gasteiger partial charge in [0.25, 0.3) is 0 Å². The SMILES string of the molecule is Cc1ccsc1C(O)c1cc2c(cc1F)NC(=O)CC2. The van der Waals surface area contributed by atoms with E-state index in [4.69, 9.17) is 0 Å². The molecule has 1 aliphatic heterocycles. The Morgan fingerprint density at radius 3 is 2.90 bits per heavy atom. The molecule has 2 N–H and O–H groups in total. The van der Waals surface area contributed by atoms with Gasteiger partial charge < -0.3 is 10.4 Å². The van der Waals surface area contributed by atoms with Gasteiger partial charge in [-0.1, -0.05) is 0 Å². The Morgan fingerprint density at radius 1 is 1.40 bits per heavy atom. The van der Waals surface area contributed by atoms with Crippen LogP contribution >= 0.6 is 11.3 Å². The van der Waals surface area contributed by atoms with Gasteiger partial charge in [-0.2, -0.15) is 0 Å². The number of thiophene rings is 1. The molecule has 20 heavy (non-hydrogen) atoms. The van der Waals surface area contributed by atoms with E-state index in [1.807, 2.05) is 18.4 Å². The molecule has 0 saturated carbocycles. The van der Waals surface area contributed by atoms with Crippen LogP contribution in [-0.2, 0) is 11.2 Å². The van der Waals surface area contributed by atoms with Crippen molar-refractivity contribution in [2.24, 2.45) is 0 Å². The number of carbonyl (C=O) groups is 1. The Morgan fingerprint density at radius 2 is 2.20 bits per heavy atom. The number of rotatable bonds is 2. The second-order valence-corrected chi connectivity index (χ2v) is 5.90. The molecule has 1 amide bonds. The highest BCUT2D eigenvalue weighted by Crippen LogP contribution is 2.34. The van der Waals surface area contributed by atoms with Crippen LogP contribution in [0.4, 0.5) is 10.1 Å². The van der Waals surface area contributed by atoms with Crippen molar-refractivity contribution in [3.8, 4) is 0 Å². The molecule has 104 valence electrons. The average molecular weight is 291 g/mol. The van der Waals surface area contributed by atoms with Crippen molar-refractivity contribution in [2.75, 3.05) is 5.32 Å². The van der Waals surface area contributed by atoms with E-state index >= 15 is 0 Å². The Hall–Kier alpha value is -1.72. The molecular formula is C15H14FNO2S. The third-order valence-electron chi connectivity index (χ3n) is 3.56. The summed E-state index contributed by atoms with van der Waals surface area (Å²) in [6.45, 7) is 1.89. The zero-order valence-electron chi connectivity index (χ0n) is 10.9. The molecule has 1 atom stereocenters. The molecule has 1 unspecified atom stereocenters. The minimum absolute atomic E-state index is 0.0979. The quantitative estimate of drug-likeness (QED) is 0.893. The summed E-state index contributed by atoms with van der Waals surface area (Å²) in [4.78, 5) is 12.1. The van der Waals surface area contributed by atoms with Crippen molar-refractivity contribution in [1.82, 2.24) is 0 Å². The number of carbonyl (C=O) groups excluding carboxylic acids is 1. The molecule has 2 heterocycles. The van der Waals surface area contributed by atoms with Crippen molar-refractivity contribution in [2.45, 2.75) is 25.9 Å². The van der Waals surface area contributed by atoms with Crippen LogP contribution in [0.5, 0.6) is 0 Å². The maximum atomic E-state index is 14.2. The van der Waals surface area contributed by atoms with E-state index in [0.29, 0.717) is 18.5 Å². The van der Waals surface area contributed by atoms with Gasteiger partial charge in [-0.15, -0.1) is 11.3 Å². The highest BCUT2D eigenvalue weighted by molar-refractivity contribution is 7.10. The Labute approximate surface area is 120 Å². The van der Waals surface area contributed by atoms with Gasteiger partial charge >= 0.3 is 0 Å². The summed E-state index contributed by atoms with van der Waals surface area (Å²) in [5, 5.41) is 14.9. The van der Waals surface area contributed by atoms with Crippen LogP contribution in [0.2, 0.25) is 0 Å². The molecule has 0 aliphatic carbocycles. The fourth-order valence-corrected chi connectivity index (χ4v) is 3.37. The van der Waals surface area contributed by atoms with Crippen molar-refractivity contribution in [1.29, 1.82) is 0 Å². The average Bonchev–Trinajstić information content (AvgIpc) is 2.83. The van der Waals surface area contributed by atoms with E-state index in [2.05, 4.69) is 5.32 Å². The zero-order valence-corrected chi connectivity index (χ0v) is 11.8. The number of aryl methyl sites for hydroxylation is 2. The molecule has 1 aromatic heterocycles. The van der Waals surface area contributed by atoms with E-state index < -0.39 is 11.9 Å². The van der Waals surface area contributed by atoms with Gasteiger partial charge in [-0.25, -0.2) is 4.39 Å². The number of amides is 1. The van der Waals surface area contributed by atoms with Gasteiger partial charge in [0.1, 0.15) is 11.9 Å². The second kappa shape index (κ2) is 5.00. The largest absolute Gasteiger partial charge is 0.383 e. The van der Waals surface area contributed by atoms with E-state index in [1.54, 1.807) is 6.07 Å². The van der Waals surface area contributed by atoms with Crippen LogP contribution in [-0.4, -0.2) is 11.0 Å². The van der Waals surface area contributed by atoms with E-state index in [0.717, 1.165) is 16.0 Å². The summed E-state index contributed by atoms with van der Waals surface area (Å²) in [6, 6.07) is 4.86. The first-order chi connectivity index (χ1) is 9.56. The monoisotopic (exact) mass is 291 g/mol. The van der Waals surface area contributed by atoms with Gasteiger partial charge in [0.2, 0.25) is 5.91 Å². The standard InChI is InChI=1S/C15H14FNO2S/c1-8-4-5-20-15(8)14(19)10-6-9-2-3-13(18)17-12(9)7-11(10)16/h4-7,14,19H,2-3H2,1H3,(H,17,18). The predicted molar refractivity (Wildman–Crippen MR) is 76.5 cm³/mol. The number of anilines is 1. The van der Waals surface area contributed by atoms with Crippen LogP contribution in [0.15, 0.2) is 23.6 Å². The fraction of sp³-hybridized carbons (Fsp3) is 0.267. The number of benzene rings is 1. The predicted octanol–water partition coefficient (Wildman–Crippen LogP) is 3.16. The molecule has 1 aliphatic rings. The highest BCUT2D eigenvalue weighted by atomic mass is 32.1. The maximum Gasteiger partial charge on any atom is 0.224 e. The lowest BCUT2D eigenvalue weighted by Crippen LogP contribution is -2.20. The first-order valence-corrected chi connectivity index (χ1v) is 7.28. The lowest BCUT2D eigenvalue weighted by Gasteiger charge is -2.20. The van der Waals surface area contributed by atoms with Crippen molar-refractivity contribution in [3.63, 3.8) is 0 Å². The molecule has 3 rings (SSSR count). The van der Waals surface area contributed by atoms with Gasteiger partial charge in [-0.3, -0.25) is 4.79 Å². The van der Waals surface area contributed by atoms with Gasteiger partial charge in [0.05, 0.1) is 0 Å². The third kappa shape index (κ3) is 2.23. The zero-order chi connectivity index (χ0) is 14.3. The van der Waals surface area contributed by atoms with Crippen molar-refractivity contribution >= 4 is 22.9 Å². The Kier molecular flexibility index (Phi) is 3.31. The summed E-state index contributed by atoms with van der Waals surface area (Å²) in [5.74, 6) is -0.592. The van der Waals surface area contributed by atoms with E-state index in [-0.39, 0.29) is 11.5 Å². The topological polar surface area (TPSA) is 49.3 Å². The summed E-state index contributed by atoms with van der Waals surface area (Å²) >= 11 is 1.41. The molecular weight excluding hydrogens is 277 g/mol. The molecule has 3 nitrogen and oxygen atoms in total. The smallest absolute Gasteiger partial charge is 0.224 e. The fourth-order valence-electron chi connectivity index (χ4n) is 2.44. The Balaban J connectivity index is 2.02. The molecule has 5 heteroatoms. The third-order valence-corrected chi connectivity index (χ3v) is 4.63. The van der Waals surface area contributed by atoms with Crippen LogP contribution < -0.4 is 5.32 Å². The molecule has 0 bridgehead atoms. The Bertz CT molecular complexity index is 681. The first-order valence-electron chi connectivity index (χ1n) is 6.40. The first kappa shape index (κ1) is 13.3. The lowest BCUT2D eigenvalue weighted by molar-refractivity contribution is -0.116. The number of halogens is 1. The number of nitrogens with one attached hydrogen (secondary N) is 1. The molecule has 0 saturated heterocycles. The van der Waals surface area contributed by atoms with E-state index in [9.17, 15) is 14.3 Å². The van der Waals surface area contributed by atoms with Crippen LogP contribution in [0.25, 0.3) is 0 Å². The number of hydrogen-bond acceptors (Lipinski definition) is 3. The molecule has 0 spiro atoms. The van der Waals surface area contributed by atoms with Gasteiger partial charge in [0.15, 0.2) is 0 Å². The van der Waals surface area contributed by atoms with Gasteiger partial charge in [0, 0.05) is 22.5 Å². The van der Waals surface area contributed by atoms with Crippen LogP contribution in [0, 0.1) is 12.7 Å². The molecule has 1 aromatic carbocycles. The number of aliphatic hydroxyl groups is 1. The van der Waals surface area contributed by atoms with Crippen LogP contribution in [0.1, 0.15) is 34.1 Å². The number of fused-ring (bicyclic) bond motifs is 1. The minimum Gasteiger partial charge on any atom is -0.383 e. The van der Waals surface area contributed by atoms with Crippen molar-refractivity contribution in [3.05, 3.63) is 51.0 Å². The summed E-state index contributed by atoms with van der Waals surface area (Å²) in [6.07, 6.45) is 0.00878. The normalized spacial score (nSPS) is 15.7. The summed E-state index contributed by atoms with van der Waals surface area (Å²) < 4.78 is 14.2. The molecule has 2 aromatic rings. The second-order valence-electron chi connectivity index (χ2n) is 4.95. The highest BCUT2D eigenvalue weighted by Gasteiger charge is 2.23. The minimum atomic E-state index is -0.960. The summed E-state index contributed by atoms with van der Waals surface area (Å²) in [7, 11) is 0. The number of aliphatic hydroxyl groups excluding tert-OH is 1. The summed E-state index contributed by atoms with van der Waals surface area (Å²) in [5.41, 5.74) is 2.60. The van der Waals surface area contributed by atoms with Gasteiger partial charge in [-0.05, 0) is 48.1 Å². The van der Waals surface area contributed by atoms with Crippen LogP contribution in [0.3, 0.4) is 0 Å². The maximum absolute atomic E-state index is 14.2. The van der Waals surface area contributed by atoms with Crippen molar-refractivity contribution < 1.29 is 14.3 Å². The molecule has 0 fully saturated rings. The molecule has 0 radical (unpaired) electrons.